The van der Waals surface area contributed by atoms with Crippen molar-refractivity contribution >= 4 is 46.3 Å². The quantitative estimate of drug-likeness (QED) is 0.683. The van der Waals surface area contributed by atoms with Gasteiger partial charge >= 0.3 is 0 Å². The van der Waals surface area contributed by atoms with Crippen LogP contribution in [0.15, 0.2) is 42.6 Å². The molecule has 0 bridgehead atoms. The topological polar surface area (TPSA) is 62.7 Å². The van der Waals surface area contributed by atoms with Gasteiger partial charge in [-0.2, -0.15) is 10.1 Å². The number of nitrogens with zero attached hydrogens (tertiary/aromatic N) is 3. The van der Waals surface area contributed by atoms with E-state index in [4.69, 9.17) is 23.2 Å². The summed E-state index contributed by atoms with van der Waals surface area (Å²) in [5.41, 5.74) is 0.873. The zero-order valence-corrected chi connectivity index (χ0v) is 13.4. The molecular formula is C15H9Cl2F2N5. The predicted molar refractivity (Wildman–Crippen MR) is 89.2 cm³/mol. The Morgan fingerprint density at radius 3 is 2.50 bits per heavy atom. The molecule has 5 nitrogen and oxygen atoms in total. The maximum atomic E-state index is 13.2. The lowest BCUT2D eigenvalue weighted by atomic mass is 10.3. The fourth-order valence-corrected chi connectivity index (χ4v) is 2.31. The van der Waals surface area contributed by atoms with Gasteiger partial charge in [-0.15, -0.1) is 5.10 Å². The zero-order chi connectivity index (χ0) is 17.1. The Bertz CT molecular complexity index is 891. The highest BCUT2D eigenvalue weighted by molar-refractivity contribution is 6.36. The third-order valence-corrected chi connectivity index (χ3v) is 3.48. The Hall–Kier alpha value is -2.51. The highest BCUT2D eigenvalue weighted by Crippen LogP contribution is 2.27. The number of nitrogens with one attached hydrogen (secondary N) is 2. The van der Waals surface area contributed by atoms with Gasteiger partial charge in [-0.1, -0.05) is 23.2 Å². The van der Waals surface area contributed by atoms with Gasteiger partial charge < -0.3 is 10.6 Å². The molecule has 24 heavy (non-hydrogen) atoms. The molecule has 3 rings (SSSR count). The van der Waals surface area contributed by atoms with Crippen molar-refractivity contribution in [3.63, 3.8) is 0 Å². The van der Waals surface area contributed by atoms with Crippen LogP contribution in [0.3, 0.4) is 0 Å². The van der Waals surface area contributed by atoms with Crippen LogP contribution in [0.4, 0.5) is 31.9 Å². The van der Waals surface area contributed by atoms with E-state index < -0.39 is 11.6 Å². The van der Waals surface area contributed by atoms with Crippen molar-refractivity contribution in [3.8, 4) is 0 Å². The molecule has 0 radical (unpaired) electrons. The zero-order valence-electron chi connectivity index (χ0n) is 11.9. The van der Waals surface area contributed by atoms with E-state index in [2.05, 4.69) is 25.8 Å². The van der Waals surface area contributed by atoms with Gasteiger partial charge in [0.2, 0.25) is 5.95 Å². The van der Waals surface area contributed by atoms with Crippen LogP contribution in [0.1, 0.15) is 0 Å². The molecule has 2 N–H and O–H groups in total. The summed E-state index contributed by atoms with van der Waals surface area (Å²) in [4.78, 5) is 4.18. The van der Waals surface area contributed by atoms with Crippen LogP contribution >= 0.6 is 23.2 Å². The Morgan fingerprint density at radius 2 is 1.75 bits per heavy atom. The first-order chi connectivity index (χ1) is 11.5. The summed E-state index contributed by atoms with van der Waals surface area (Å²) in [6.07, 6.45) is 1.34. The molecule has 1 heterocycles. The molecule has 1 aromatic heterocycles. The van der Waals surface area contributed by atoms with Crippen molar-refractivity contribution in [2.24, 2.45) is 0 Å². The summed E-state index contributed by atoms with van der Waals surface area (Å²) in [6, 6.07) is 8.31. The second kappa shape index (κ2) is 6.94. The number of halogens is 4. The third-order valence-electron chi connectivity index (χ3n) is 2.93. The molecule has 122 valence electrons. The summed E-state index contributed by atoms with van der Waals surface area (Å²) >= 11 is 11.9. The second-order valence-corrected chi connectivity index (χ2v) is 5.51. The molecule has 0 saturated carbocycles. The minimum absolute atomic E-state index is 0.173. The average Bonchev–Trinajstić information content (AvgIpc) is 2.54. The number of aromatic nitrogens is 3. The minimum atomic E-state index is -0.965. The molecule has 0 aliphatic heterocycles. The van der Waals surface area contributed by atoms with E-state index in [1.807, 2.05) is 0 Å². The second-order valence-electron chi connectivity index (χ2n) is 4.67. The highest BCUT2D eigenvalue weighted by atomic mass is 35.5. The molecule has 9 heteroatoms. The smallest absolute Gasteiger partial charge is 0.249 e. The van der Waals surface area contributed by atoms with Gasteiger partial charge in [-0.25, -0.2) is 8.78 Å². The highest BCUT2D eigenvalue weighted by Gasteiger charge is 2.07. The predicted octanol–water partition coefficient (Wildman–Crippen LogP) is 4.94. The molecule has 0 saturated heterocycles. The first-order valence-electron chi connectivity index (χ1n) is 6.65. The fraction of sp³-hybridized carbons (Fsp3) is 0. The van der Waals surface area contributed by atoms with E-state index in [9.17, 15) is 8.78 Å². The molecule has 0 aliphatic rings. The van der Waals surface area contributed by atoms with Crippen molar-refractivity contribution in [1.82, 2.24) is 15.2 Å². The largest absolute Gasteiger partial charge is 0.339 e. The van der Waals surface area contributed by atoms with E-state index >= 15 is 0 Å². The normalized spacial score (nSPS) is 10.5. The molecule has 3 aromatic rings. The van der Waals surface area contributed by atoms with Crippen LogP contribution in [0.25, 0.3) is 0 Å². The lowest BCUT2D eigenvalue weighted by Gasteiger charge is -2.09. The molecule has 0 aliphatic carbocycles. The number of benzene rings is 2. The summed E-state index contributed by atoms with van der Waals surface area (Å²) in [7, 11) is 0. The molecule has 2 aromatic carbocycles. The van der Waals surface area contributed by atoms with E-state index in [-0.39, 0.29) is 5.95 Å². The Balaban J connectivity index is 1.79. The minimum Gasteiger partial charge on any atom is -0.339 e. The summed E-state index contributed by atoms with van der Waals surface area (Å²) in [5, 5.41) is 14.2. The van der Waals surface area contributed by atoms with E-state index in [0.717, 1.165) is 12.1 Å². The van der Waals surface area contributed by atoms with Crippen molar-refractivity contribution < 1.29 is 8.78 Å². The van der Waals surface area contributed by atoms with Gasteiger partial charge in [0.25, 0.3) is 0 Å². The maximum Gasteiger partial charge on any atom is 0.249 e. The summed E-state index contributed by atoms with van der Waals surface area (Å²) in [6.45, 7) is 0. The van der Waals surface area contributed by atoms with Crippen molar-refractivity contribution in [2.75, 3.05) is 10.6 Å². The first-order valence-corrected chi connectivity index (χ1v) is 7.41. The molecular weight excluding hydrogens is 359 g/mol. The molecule has 0 unspecified atom stereocenters. The SMILES string of the molecule is Fc1ccc(Nc2cnnc(Nc3ccc(Cl)cc3Cl)n2)cc1F. The summed E-state index contributed by atoms with van der Waals surface area (Å²) < 4.78 is 26.2. The van der Waals surface area contributed by atoms with Gasteiger partial charge in [0.15, 0.2) is 17.5 Å². The van der Waals surface area contributed by atoms with Crippen LogP contribution < -0.4 is 10.6 Å². The van der Waals surface area contributed by atoms with Crippen LogP contribution in [-0.4, -0.2) is 15.2 Å². The summed E-state index contributed by atoms with van der Waals surface area (Å²) in [5.74, 6) is -1.43. The lowest BCUT2D eigenvalue weighted by molar-refractivity contribution is 0.509. The van der Waals surface area contributed by atoms with Crippen LogP contribution in [0.2, 0.25) is 10.0 Å². The van der Waals surface area contributed by atoms with Gasteiger partial charge in [0.05, 0.1) is 16.9 Å². The Kier molecular flexibility index (Phi) is 4.73. The van der Waals surface area contributed by atoms with Crippen molar-refractivity contribution in [3.05, 3.63) is 64.3 Å². The lowest BCUT2D eigenvalue weighted by Crippen LogP contribution is -2.03. The van der Waals surface area contributed by atoms with Gasteiger partial charge in [0.1, 0.15) is 0 Å². The van der Waals surface area contributed by atoms with Gasteiger partial charge in [-0.3, -0.25) is 0 Å². The van der Waals surface area contributed by atoms with Gasteiger partial charge in [0, 0.05) is 16.8 Å². The van der Waals surface area contributed by atoms with E-state index in [1.54, 1.807) is 18.2 Å². The Labute approximate surface area is 145 Å². The van der Waals surface area contributed by atoms with Crippen molar-refractivity contribution in [1.29, 1.82) is 0 Å². The first kappa shape index (κ1) is 16.4. The molecule has 0 amide bonds. The third kappa shape index (κ3) is 3.87. The van der Waals surface area contributed by atoms with Crippen LogP contribution in [0.5, 0.6) is 0 Å². The standard InChI is InChI=1S/C15H9Cl2F2N5/c16-8-1-4-13(10(17)5-8)22-15-23-14(7-20-24-15)21-9-2-3-11(18)12(19)6-9/h1-7H,(H2,21,22,23,24). The monoisotopic (exact) mass is 367 g/mol. The van der Waals surface area contributed by atoms with Gasteiger partial charge in [-0.05, 0) is 30.3 Å². The molecule has 0 atom stereocenters. The molecule has 0 fully saturated rings. The number of hydrogen-bond acceptors (Lipinski definition) is 5. The Morgan fingerprint density at radius 1 is 0.917 bits per heavy atom. The number of rotatable bonds is 4. The average molecular weight is 368 g/mol. The molecule has 0 spiro atoms. The van der Waals surface area contributed by atoms with Crippen LogP contribution in [-0.2, 0) is 0 Å². The fourth-order valence-electron chi connectivity index (χ4n) is 1.85. The maximum absolute atomic E-state index is 13.2. The van der Waals surface area contributed by atoms with E-state index in [1.165, 1.54) is 12.3 Å². The van der Waals surface area contributed by atoms with Crippen molar-refractivity contribution in [2.45, 2.75) is 0 Å². The van der Waals surface area contributed by atoms with E-state index in [0.29, 0.717) is 27.2 Å². The number of anilines is 4. The number of hydrogen-bond donors (Lipinski definition) is 2. The van der Waals surface area contributed by atoms with Crippen LogP contribution in [0, 0.1) is 11.6 Å².